The third-order valence-electron chi connectivity index (χ3n) is 6.52. The average molecular weight is 477 g/mol. The van der Waals surface area contributed by atoms with Crippen LogP contribution >= 0.6 is 7.92 Å². The monoisotopic (exact) mass is 476 g/mol. The molecule has 4 aromatic carbocycles. The van der Waals surface area contributed by atoms with Crippen LogP contribution in [0.1, 0.15) is 6.42 Å². The molecule has 6 rings (SSSR count). The van der Waals surface area contributed by atoms with Gasteiger partial charge in [0.25, 0.3) is 0 Å². The zero-order valence-corrected chi connectivity index (χ0v) is 20.3. The Labute approximate surface area is 205 Å². The van der Waals surface area contributed by atoms with Gasteiger partial charge < -0.3 is 0 Å². The first-order chi connectivity index (χ1) is 17.3. The van der Waals surface area contributed by atoms with Crippen LogP contribution in [0.5, 0.6) is 11.5 Å². The maximum absolute atomic E-state index is 13.1. The van der Waals surface area contributed by atoms with Crippen molar-refractivity contribution in [2.24, 2.45) is 0 Å². The third-order valence-corrected chi connectivity index (χ3v) is 9.64. The topological polar surface area (TPSA) is 35.5 Å². The van der Waals surface area contributed by atoms with Gasteiger partial charge in [0, 0.05) is 0 Å². The van der Waals surface area contributed by atoms with E-state index in [1.54, 1.807) is 0 Å². The molecule has 0 atom stereocenters. The quantitative estimate of drug-likeness (QED) is 0.274. The Hall–Kier alpha value is -3.94. The molecular weight excluding hydrogens is 451 g/mol. The summed E-state index contributed by atoms with van der Waals surface area (Å²) in [6.07, 6.45) is 7.20. The molecular formula is C31H25O3P. The molecule has 0 spiro atoms. The van der Waals surface area contributed by atoms with Gasteiger partial charge in [-0.15, -0.1) is 0 Å². The maximum atomic E-state index is 13.1. The van der Waals surface area contributed by atoms with Gasteiger partial charge in [-0.05, 0) is 0 Å². The van der Waals surface area contributed by atoms with Crippen LogP contribution in [0.4, 0.5) is 0 Å². The Morgan fingerprint density at radius 3 is 1.97 bits per heavy atom. The van der Waals surface area contributed by atoms with E-state index >= 15 is 0 Å². The molecule has 4 heteroatoms. The SMILES string of the molecule is O=C1COc2cc3ccccc3cc2OC1=C1C=C([PH2](c2ccccc2)c2ccccc2)C=CC1. The van der Waals surface area contributed by atoms with Crippen molar-refractivity contribution in [1.29, 1.82) is 0 Å². The molecule has 35 heavy (non-hydrogen) atoms. The summed E-state index contributed by atoms with van der Waals surface area (Å²) in [4.78, 5) is 13.1. The summed E-state index contributed by atoms with van der Waals surface area (Å²) in [5.41, 5.74) is 0.904. The standard InChI is InChI=1S/C31H25O3P/c32-28-21-33-29-19-22-10-7-8-11-23(22)20-30(29)34-31(28)24-12-9-17-27(18-24)35(25-13-3-1-4-14-25)26-15-5-2-6-16-26/h1-11,13-20H,12,21,35H2. The van der Waals surface area contributed by atoms with Crippen molar-refractivity contribution < 1.29 is 14.3 Å². The molecule has 0 saturated heterocycles. The number of benzene rings is 4. The van der Waals surface area contributed by atoms with Gasteiger partial charge in [0.15, 0.2) is 0 Å². The first-order valence-corrected chi connectivity index (χ1v) is 13.6. The van der Waals surface area contributed by atoms with Crippen molar-refractivity contribution in [3.63, 3.8) is 0 Å². The van der Waals surface area contributed by atoms with E-state index in [9.17, 15) is 4.79 Å². The number of Topliss-reactive ketones (excluding diaryl/α,β-unsaturated/α-hetero) is 1. The first-order valence-electron chi connectivity index (χ1n) is 11.8. The summed E-state index contributed by atoms with van der Waals surface area (Å²) in [6.45, 7) is -0.0325. The Kier molecular flexibility index (Phi) is 5.78. The number of hydrogen-bond acceptors (Lipinski definition) is 3. The van der Waals surface area contributed by atoms with Crippen LogP contribution in [0.25, 0.3) is 10.8 Å². The molecule has 3 nitrogen and oxygen atoms in total. The molecule has 0 bridgehead atoms. The van der Waals surface area contributed by atoms with Gasteiger partial charge in [-0.3, -0.25) is 0 Å². The number of rotatable bonds is 3. The van der Waals surface area contributed by atoms with Gasteiger partial charge in [0.2, 0.25) is 0 Å². The zero-order valence-electron chi connectivity index (χ0n) is 19.2. The minimum absolute atomic E-state index is 0.0325. The number of carbonyl (C=O) groups is 1. The molecule has 172 valence electrons. The number of ketones is 1. The van der Waals surface area contributed by atoms with Crippen molar-refractivity contribution in [2.75, 3.05) is 6.61 Å². The van der Waals surface area contributed by atoms with Crippen molar-refractivity contribution in [1.82, 2.24) is 0 Å². The van der Waals surface area contributed by atoms with Crippen LogP contribution in [0.15, 0.2) is 132 Å². The number of ether oxygens (including phenoxy) is 2. The predicted octanol–water partition coefficient (Wildman–Crippen LogP) is 5.88. The Morgan fingerprint density at radius 1 is 0.714 bits per heavy atom. The van der Waals surface area contributed by atoms with Crippen molar-refractivity contribution >= 4 is 35.1 Å². The molecule has 0 aromatic heterocycles. The first kappa shape index (κ1) is 21.6. The normalized spacial score (nSPS) is 17.7. The van der Waals surface area contributed by atoms with E-state index in [0.717, 1.165) is 16.3 Å². The van der Waals surface area contributed by atoms with Gasteiger partial charge in [-0.1, -0.05) is 0 Å². The number of fused-ring (bicyclic) bond motifs is 2. The fourth-order valence-corrected chi connectivity index (χ4v) is 7.91. The summed E-state index contributed by atoms with van der Waals surface area (Å²) < 4.78 is 12.2. The molecule has 1 aliphatic heterocycles. The number of allylic oxidation sites excluding steroid dienone is 5. The molecule has 1 heterocycles. The van der Waals surface area contributed by atoms with Gasteiger partial charge in [-0.25, -0.2) is 0 Å². The molecule has 0 fully saturated rings. The van der Waals surface area contributed by atoms with E-state index in [1.807, 2.05) is 36.4 Å². The molecule has 0 radical (unpaired) electrons. The number of hydrogen-bond donors (Lipinski definition) is 0. The molecule has 4 aromatic rings. The molecule has 0 unspecified atom stereocenters. The van der Waals surface area contributed by atoms with E-state index in [-0.39, 0.29) is 12.4 Å². The van der Waals surface area contributed by atoms with Crippen LogP contribution in [0, 0.1) is 0 Å². The Morgan fingerprint density at radius 2 is 1.31 bits per heavy atom. The molecule has 2 aliphatic rings. The molecule has 0 amide bonds. The van der Waals surface area contributed by atoms with Crippen molar-refractivity contribution in [3.8, 4) is 11.5 Å². The predicted molar refractivity (Wildman–Crippen MR) is 146 cm³/mol. The molecule has 0 N–H and O–H groups in total. The van der Waals surface area contributed by atoms with E-state index in [1.165, 1.54) is 15.9 Å². The second-order valence-corrected chi connectivity index (χ2v) is 11.7. The van der Waals surface area contributed by atoms with Crippen molar-refractivity contribution in [2.45, 2.75) is 6.42 Å². The van der Waals surface area contributed by atoms with Crippen LogP contribution < -0.4 is 20.1 Å². The number of carbonyl (C=O) groups excluding carboxylic acids is 1. The van der Waals surface area contributed by atoms with Gasteiger partial charge in [-0.2, -0.15) is 0 Å². The fraction of sp³-hybridized carbons (Fsp3) is 0.0645. The fourth-order valence-electron chi connectivity index (χ4n) is 4.85. The summed E-state index contributed by atoms with van der Waals surface area (Å²) in [7, 11) is -1.71. The molecule has 0 saturated carbocycles. The van der Waals surface area contributed by atoms with E-state index in [0.29, 0.717) is 23.7 Å². The minimum atomic E-state index is -1.71. The third kappa shape index (κ3) is 4.32. The van der Waals surface area contributed by atoms with Crippen LogP contribution in [0.3, 0.4) is 0 Å². The average Bonchev–Trinajstić information content (AvgIpc) is 3.07. The summed E-state index contributed by atoms with van der Waals surface area (Å²) in [5, 5.41) is 6.05. The molecule has 1 aliphatic carbocycles. The summed E-state index contributed by atoms with van der Waals surface area (Å²) in [6, 6.07) is 33.3. The van der Waals surface area contributed by atoms with Gasteiger partial charge >= 0.3 is 206 Å². The zero-order chi connectivity index (χ0) is 23.6. The van der Waals surface area contributed by atoms with Crippen LogP contribution in [0.2, 0.25) is 0 Å². The second kappa shape index (κ2) is 9.37. The second-order valence-electron chi connectivity index (χ2n) is 8.82. The Bertz CT molecular complexity index is 1460. The van der Waals surface area contributed by atoms with Crippen LogP contribution in [-0.2, 0) is 4.79 Å². The summed E-state index contributed by atoms with van der Waals surface area (Å²) >= 11 is 0. The van der Waals surface area contributed by atoms with E-state index in [2.05, 4.69) is 78.9 Å². The Balaban J connectivity index is 1.45. The van der Waals surface area contributed by atoms with Gasteiger partial charge in [0.05, 0.1) is 0 Å². The summed E-state index contributed by atoms with van der Waals surface area (Å²) in [5.74, 6) is 1.43. The van der Waals surface area contributed by atoms with Crippen LogP contribution in [-0.4, -0.2) is 12.4 Å². The van der Waals surface area contributed by atoms with Crippen molar-refractivity contribution in [3.05, 3.63) is 132 Å². The van der Waals surface area contributed by atoms with E-state index < -0.39 is 7.92 Å². The van der Waals surface area contributed by atoms with E-state index in [4.69, 9.17) is 9.47 Å². The van der Waals surface area contributed by atoms with Gasteiger partial charge in [0.1, 0.15) is 0 Å².